The van der Waals surface area contributed by atoms with Gasteiger partial charge in [-0.25, -0.2) is 9.67 Å². The third-order valence-electron chi connectivity index (χ3n) is 2.18. The second-order valence-electron chi connectivity index (χ2n) is 3.31. The molecule has 0 amide bonds. The van der Waals surface area contributed by atoms with Crippen LogP contribution in [0.4, 0.5) is 0 Å². The van der Waals surface area contributed by atoms with E-state index in [1.165, 1.54) is 11.8 Å². The number of thioether (sulfide) groups is 1. The van der Waals surface area contributed by atoms with Gasteiger partial charge in [-0.2, -0.15) is 0 Å². The molecule has 0 aliphatic heterocycles. The van der Waals surface area contributed by atoms with Crippen molar-refractivity contribution in [2.24, 2.45) is 0 Å². The van der Waals surface area contributed by atoms with Crippen LogP contribution in [0, 0.1) is 0 Å². The minimum Gasteiger partial charge on any atom is -0.354 e. The van der Waals surface area contributed by atoms with Crippen LogP contribution in [0.15, 0.2) is 16.0 Å². The molecular formula is C9H13N5O2S2. The van der Waals surface area contributed by atoms with Crippen molar-refractivity contribution in [1.82, 2.24) is 25.2 Å². The summed E-state index contributed by atoms with van der Waals surface area (Å²) in [6, 6.07) is 0. The molecule has 0 aliphatic carbocycles. The van der Waals surface area contributed by atoms with Crippen LogP contribution in [-0.2, 0) is 21.8 Å². The van der Waals surface area contributed by atoms with E-state index < -0.39 is 0 Å². The molecule has 0 spiro atoms. The topological polar surface area (TPSA) is 75.0 Å². The molecule has 2 aromatic heterocycles. The Morgan fingerprint density at radius 3 is 2.94 bits per heavy atom. The summed E-state index contributed by atoms with van der Waals surface area (Å²) in [5.41, 5.74) is 2.83. The van der Waals surface area contributed by atoms with Crippen LogP contribution in [0.1, 0.15) is 5.69 Å². The predicted octanol–water partition coefficient (Wildman–Crippen LogP) is 1.04. The lowest BCUT2D eigenvalue weighted by Crippen LogP contribution is -2.21. The number of nitrogens with zero attached hydrogens (tertiary/aromatic N) is 5. The van der Waals surface area contributed by atoms with Crippen LogP contribution in [0.25, 0.3) is 0 Å². The van der Waals surface area contributed by atoms with Gasteiger partial charge in [0.25, 0.3) is 0 Å². The molecule has 0 bridgehead atoms. The standard InChI is InChI=1S/C9H13N5O2S2/c1-15-8(16-2)3-14-9(11-12-13-14)18-5-7-4-17-6-10-7/h4,6,8H,3,5H2,1-2H3. The highest BCUT2D eigenvalue weighted by Crippen LogP contribution is 2.20. The van der Waals surface area contributed by atoms with Gasteiger partial charge in [-0.3, -0.25) is 0 Å². The molecule has 98 valence electrons. The first kappa shape index (κ1) is 13.4. The SMILES string of the molecule is COC(Cn1nnnc1SCc1cscn1)OC. The second-order valence-corrected chi connectivity index (χ2v) is 4.97. The van der Waals surface area contributed by atoms with E-state index >= 15 is 0 Å². The van der Waals surface area contributed by atoms with Crippen molar-refractivity contribution in [3.05, 3.63) is 16.6 Å². The molecule has 2 rings (SSSR count). The van der Waals surface area contributed by atoms with Gasteiger partial charge in [0.15, 0.2) is 6.29 Å². The van der Waals surface area contributed by atoms with Gasteiger partial charge in [-0.05, 0) is 10.4 Å². The average molecular weight is 287 g/mol. The molecule has 0 aliphatic rings. The van der Waals surface area contributed by atoms with Crippen molar-refractivity contribution >= 4 is 23.1 Å². The molecule has 2 heterocycles. The maximum Gasteiger partial charge on any atom is 0.209 e. The number of hydrogen-bond donors (Lipinski definition) is 0. The summed E-state index contributed by atoms with van der Waals surface area (Å²) in [5.74, 6) is 0.745. The second kappa shape index (κ2) is 6.78. The smallest absolute Gasteiger partial charge is 0.209 e. The van der Waals surface area contributed by atoms with E-state index in [1.54, 1.807) is 30.2 Å². The highest BCUT2D eigenvalue weighted by atomic mass is 32.2. The van der Waals surface area contributed by atoms with Crippen molar-refractivity contribution < 1.29 is 9.47 Å². The fourth-order valence-corrected chi connectivity index (χ4v) is 2.70. The van der Waals surface area contributed by atoms with Gasteiger partial charge in [0.05, 0.1) is 17.7 Å². The lowest BCUT2D eigenvalue weighted by atomic mass is 10.6. The molecule has 0 fully saturated rings. The Labute approximate surface area is 113 Å². The van der Waals surface area contributed by atoms with Crippen molar-refractivity contribution in [2.75, 3.05) is 14.2 Å². The third-order valence-corrected chi connectivity index (χ3v) is 3.81. The first-order chi connectivity index (χ1) is 8.83. The lowest BCUT2D eigenvalue weighted by Gasteiger charge is -2.13. The highest BCUT2D eigenvalue weighted by molar-refractivity contribution is 7.98. The van der Waals surface area contributed by atoms with Gasteiger partial charge in [0.1, 0.15) is 0 Å². The molecule has 0 saturated carbocycles. The molecule has 18 heavy (non-hydrogen) atoms. The fraction of sp³-hybridized carbons (Fsp3) is 0.556. The number of hydrogen-bond acceptors (Lipinski definition) is 8. The molecule has 2 aromatic rings. The normalized spacial score (nSPS) is 11.3. The Bertz CT molecular complexity index is 457. The summed E-state index contributed by atoms with van der Waals surface area (Å²) in [5, 5.41) is 14.3. The van der Waals surface area contributed by atoms with Crippen molar-refractivity contribution in [2.45, 2.75) is 23.7 Å². The van der Waals surface area contributed by atoms with Gasteiger partial charge in [0.2, 0.25) is 5.16 Å². The summed E-state index contributed by atoms with van der Waals surface area (Å²) in [6.07, 6.45) is -0.355. The average Bonchev–Trinajstić information content (AvgIpc) is 3.04. The number of ether oxygens (including phenoxy) is 2. The molecule has 9 heteroatoms. The number of thiazole rings is 1. The lowest BCUT2D eigenvalue weighted by molar-refractivity contribution is -0.113. The Morgan fingerprint density at radius 1 is 1.44 bits per heavy atom. The molecule has 0 unspecified atom stereocenters. The largest absolute Gasteiger partial charge is 0.354 e. The van der Waals surface area contributed by atoms with E-state index in [0.717, 1.165) is 16.6 Å². The maximum atomic E-state index is 5.12. The Kier molecular flexibility index (Phi) is 5.05. The Morgan fingerprint density at radius 2 is 2.28 bits per heavy atom. The van der Waals surface area contributed by atoms with Crippen LogP contribution in [-0.4, -0.2) is 45.7 Å². The minimum atomic E-state index is -0.355. The number of rotatable bonds is 7. The van der Waals surface area contributed by atoms with E-state index in [9.17, 15) is 0 Å². The van der Waals surface area contributed by atoms with Gasteiger partial charge >= 0.3 is 0 Å². The van der Waals surface area contributed by atoms with E-state index in [4.69, 9.17) is 9.47 Å². The van der Waals surface area contributed by atoms with Gasteiger partial charge in [-0.15, -0.1) is 16.4 Å². The zero-order valence-electron chi connectivity index (χ0n) is 10.0. The number of methoxy groups -OCH3 is 2. The Balaban J connectivity index is 1.94. The minimum absolute atomic E-state index is 0.355. The molecular weight excluding hydrogens is 274 g/mol. The molecule has 0 saturated heterocycles. The van der Waals surface area contributed by atoms with Gasteiger partial charge in [-0.1, -0.05) is 11.8 Å². The molecule has 0 aromatic carbocycles. The highest BCUT2D eigenvalue weighted by Gasteiger charge is 2.13. The van der Waals surface area contributed by atoms with Crippen molar-refractivity contribution in [3.8, 4) is 0 Å². The van der Waals surface area contributed by atoms with E-state index in [2.05, 4.69) is 20.5 Å². The predicted molar refractivity (Wildman–Crippen MR) is 67.3 cm³/mol. The summed E-state index contributed by atoms with van der Waals surface area (Å²) in [6.45, 7) is 0.458. The van der Waals surface area contributed by atoms with Crippen LogP contribution in [0.2, 0.25) is 0 Å². The number of aromatic nitrogens is 5. The quantitative estimate of drug-likeness (QED) is 0.556. The number of tetrazole rings is 1. The maximum absolute atomic E-state index is 5.12. The summed E-state index contributed by atoms with van der Waals surface area (Å²) in [4.78, 5) is 4.21. The van der Waals surface area contributed by atoms with Crippen LogP contribution in [0.3, 0.4) is 0 Å². The monoisotopic (exact) mass is 287 g/mol. The van der Waals surface area contributed by atoms with E-state index in [1.807, 2.05) is 10.9 Å². The van der Waals surface area contributed by atoms with Crippen LogP contribution >= 0.6 is 23.1 Å². The fourth-order valence-electron chi connectivity index (χ4n) is 1.25. The first-order valence-corrected chi connectivity index (χ1v) is 7.08. The molecule has 0 radical (unpaired) electrons. The van der Waals surface area contributed by atoms with Gasteiger partial charge < -0.3 is 9.47 Å². The van der Waals surface area contributed by atoms with E-state index in [0.29, 0.717) is 6.54 Å². The third kappa shape index (κ3) is 3.48. The van der Waals surface area contributed by atoms with E-state index in [-0.39, 0.29) is 6.29 Å². The zero-order valence-corrected chi connectivity index (χ0v) is 11.6. The summed E-state index contributed by atoms with van der Waals surface area (Å²) >= 11 is 3.11. The molecule has 0 atom stereocenters. The zero-order chi connectivity index (χ0) is 12.8. The summed E-state index contributed by atoms with van der Waals surface area (Å²) < 4.78 is 11.9. The molecule has 0 N–H and O–H groups in total. The van der Waals surface area contributed by atoms with Gasteiger partial charge in [0, 0.05) is 25.4 Å². The Hall–Kier alpha value is -1.03. The van der Waals surface area contributed by atoms with Crippen LogP contribution < -0.4 is 0 Å². The summed E-state index contributed by atoms with van der Waals surface area (Å²) in [7, 11) is 3.17. The van der Waals surface area contributed by atoms with Crippen LogP contribution in [0.5, 0.6) is 0 Å². The first-order valence-electron chi connectivity index (χ1n) is 5.15. The van der Waals surface area contributed by atoms with Crippen molar-refractivity contribution in [1.29, 1.82) is 0 Å². The molecule has 7 nitrogen and oxygen atoms in total. The van der Waals surface area contributed by atoms with Crippen molar-refractivity contribution in [3.63, 3.8) is 0 Å².